The molecule has 2 aromatic rings. The minimum Gasteiger partial charge on any atom is -0.497 e. The molecule has 0 saturated carbocycles. The van der Waals surface area contributed by atoms with Crippen LogP contribution in [-0.2, 0) is 21.2 Å². The van der Waals surface area contributed by atoms with Gasteiger partial charge in [0.25, 0.3) is 0 Å². The van der Waals surface area contributed by atoms with Crippen LogP contribution in [0.5, 0.6) is 17.2 Å². The lowest BCUT2D eigenvalue weighted by Crippen LogP contribution is -2.40. The second-order valence-electron chi connectivity index (χ2n) is 6.61. The number of anilines is 1. The number of rotatable bonds is 11. The Morgan fingerprint density at radius 1 is 0.967 bits per heavy atom. The van der Waals surface area contributed by atoms with Crippen molar-refractivity contribution in [3.8, 4) is 17.2 Å². The molecule has 0 spiro atoms. The highest BCUT2D eigenvalue weighted by atomic mass is 32.2. The maximum atomic E-state index is 12.4. The van der Waals surface area contributed by atoms with Gasteiger partial charge in [-0.3, -0.25) is 9.10 Å². The van der Waals surface area contributed by atoms with Gasteiger partial charge in [-0.25, -0.2) is 8.42 Å². The van der Waals surface area contributed by atoms with Crippen LogP contribution < -0.4 is 23.8 Å². The van der Waals surface area contributed by atoms with E-state index in [1.807, 2.05) is 24.3 Å². The Morgan fingerprint density at radius 3 is 2.17 bits per heavy atom. The van der Waals surface area contributed by atoms with E-state index >= 15 is 0 Å². The molecule has 0 fully saturated rings. The van der Waals surface area contributed by atoms with Crippen molar-refractivity contribution < 1.29 is 27.4 Å². The fraction of sp³-hybridized carbons (Fsp3) is 0.381. The summed E-state index contributed by atoms with van der Waals surface area (Å²) in [5.74, 6) is 1.17. The number of sulfonamides is 1. The predicted octanol–water partition coefficient (Wildman–Crippen LogP) is 2.23. The second kappa shape index (κ2) is 10.7. The smallest absolute Gasteiger partial charge is 0.240 e. The number of methoxy groups -OCH3 is 3. The topological polar surface area (TPSA) is 94.2 Å². The Hall–Kier alpha value is -2.94. The molecule has 1 amide bonds. The van der Waals surface area contributed by atoms with Gasteiger partial charge in [0.1, 0.15) is 23.8 Å². The third-order valence-corrected chi connectivity index (χ3v) is 5.59. The SMILES string of the molecule is COc1ccc(CCCNC(=O)CN(c2cc(OC)ccc2OC)S(C)(=O)=O)cc1. The second-order valence-corrected chi connectivity index (χ2v) is 8.52. The summed E-state index contributed by atoms with van der Waals surface area (Å²) in [7, 11) is 0.804. The number of amides is 1. The number of hydrogen-bond donors (Lipinski definition) is 1. The Bertz CT molecular complexity index is 944. The molecule has 0 aliphatic heterocycles. The molecule has 8 nitrogen and oxygen atoms in total. The van der Waals surface area contributed by atoms with Crippen LogP contribution in [0.3, 0.4) is 0 Å². The zero-order valence-electron chi connectivity index (χ0n) is 17.7. The summed E-state index contributed by atoms with van der Waals surface area (Å²) >= 11 is 0. The predicted molar refractivity (Wildman–Crippen MR) is 116 cm³/mol. The van der Waals surface area contributed by atoms with Crippen molar-refractivity contribution in [2.24, 2.45) is 0 Å². The van der Waals surface area contributed by atoms with Crippen molar-refractivity contribution in [1.29, 1.82) is 0 Å². The lowest BCUT2D eigenvalue weighted by Gasteiger charge is -2.24. The first-order valence-corrected chi connectivity index (χ1v) is 11.2. The van der Waals surface area contributed by atoms with Crippen molar-refractivity contribution in [2.45, 2.75) is 12.8 Å². The standard InChI is InChI=1S/C21H28N2O6S/c1-27-17-9-7-16(8-10-17)6-5-13-22-21(24)15-23(30(4,25)26)19-14-18(28-2)11-12-20(19)29-3/h7-12,14H,5-6,13,15H2,1-4H3,(H,22,24). The molecule has 2 aromatic carbocycles. The summed E-state index contributed by atoms with van der Waals surface area (Å²) in [6, 6.07) is 12.5. The first kappa shape index (κ1) is 23.3. The molecule has 0 heterocycles. The van der Waals surface area contributed by atoms with Crippen LogP contribution in [0.4, 0.5) is 5.69 Å². The fourth-order valence-electron chi connectivity index (χ4n) is 2.87. The number of carbonyl (C=O) groups is 1. The molecule has 0 radical (unpaired) electrons. The van der Waals surface area contributed by atoms with Crippen LogP contribution in [0.2, 0.25) is 0 Å². The third kappa shape index (κ3) is 6.55. The summed E-state index contributed by atoms with van der Waals surface area (Å²) < 4.78 is 41.3. The van der Waals surface area contributed by atoms with Crippen molar-refractivity contribution in [2.75, 3.05) is 45.0 Å². The van der Waals surface area contributed by atoms with Crippen LogP contribution in [0.15, 0.2) is 42.5 Å². The van der Waals surface area contributed by atoms with E-state index < -0.39 is 15.9 Å². The molecule has 164 valence electrons. The van der Waals surface area contributed by atoms with Gasteiger partial charge in [0.2, 0.25) is 15.9 Å². The maximum Gasteiger partial charge on any atom is 0.240 e. The number of hydrogen-bond acceptors (Lipinski definition) is 6. The molecule has 0 unspecified atom stereocenters. The summed E-state index contributed by atoms with van der Waals surface area (Å²) in [5.41, 5.74) is 1.37. The molecule has 30 heavy (non-hydrogen) atoms. The van der Waals surface area contributed by atoms with Gasteiger partial charge in [-0.15, -0.1) is 0 Å². The molecular formula is C21H28N2O6S. The first-order valence-electron chi connectivity index (χ1n) is 9.38. The van der Waals surface area contributed by atoms with Crippen molar-refractivity contribution in [1.82, 2.24) is 5.32 Å². The minimum atomic E-state index is -3.73. The quantitative estimate of drug-likeness (QED) is 0.543. The molecule has 0 saturated heterocycles. The third-order valence-electron chi connectivity index (χ3n) is 4.47. The molecule has 9 heteroatoms. The summed E-state index contributed by atoms with van der Waals surface area (Å²) in [6.45, 7) is 0.0720. The van der Waals surface area contributed by atoms with E-state index in [0.29, 0.717) is 18.0 Å². The highest BCUT2D eigenvalue weighted by molar-refractivity contribution is 7.92. The zero-order chi connectivity index (χ0) is 22.1. The van der Waals surface area contributed by atoms with Crippen LogP contribution >= 0.6 is 0 Å². The highest BCUT2D eigenvalue weighted by Crippen LogP contribution is 2.33. The van der Waals surface area contributed by atoms with Gasteiger partial charge >= 0.3 is 0 Å². The summed E-state index contributed by atoms with van der Waals surface area (Å²) in [6.07, 6.45) is 2.55. The molecular weight excluding hydrogens is 408 g/mol. The summed E-state index contributed by atoms with van der Waals surface area (Å²) in [4.78, 5) is 12.4. The molecule has 1 N–H and O–H groups in total. The van der Waals surface area contributed by atoms with Crippen molar-refractivity contribution in [3.05, 3.63) is 48.0 Å². The monoisotopic (exact) mass is 436 g/mol. The van der Waals surface area contributed by atoms with Crippen LogP contribution in [-0.4, -0.2) is 55.0 Å². The van der Waals surface area contributed by atoms with E-state index in [1.54, 1.807) is 19.2 Å². The first-order chi connectivity index (χ1) is 14.3. The van der Waals surface area contributed by atoms with Gasteiger partial charge in [-0.2, -0.15) is 0 Å². The maximum absolute atomic E-state index is 12.4. The lowest BCUT2D eigenvalue weighted by molar-refractivity contribution is -0.119. The number of benzene rings is 2. The molecule has 0 aromatic heterocycles. The van der Waals surface area contributed by atoms with Gasteiger partial charge in [0.05, 0.1) is 33.3 Å². The highest BCUT2D eigenvalue weighted by Gasteiger charge is 2.24. The Balaban J connectivity index is 1.99. The van der Waals surface area contributed by atoms with E-state index in [-0.39, 0.29) is 12.2 Å². The van der Waals surface area contributed by atoms with E-state index in [9.17, 15) is 13.2 Å². The van der Waals surface area contributed by atoms with E-state index in [0.717, 1.165) is 34.7 Å². The van der Waals surface area contributed by atoms with E-state index in [1.165, 1.54) is 20.3 Å². The van der Waals surface area contributed by atoms with E-state index in [2.05, 4.69) is 5.32 Å². The lowest BCUT2D eigenvalue weighted by atomic mass is 10.1. The number of aryl methyl sites for hydroxylation is 1. The number of nitrogens with zero attached hydrogens (tertiary/aromatic N) is 1. The average molecular weight is 437 g/mol. The number of ether oxygens (including phenoxy) is 3. The molecule has 0 bridgehead atoms. The van der Waals surface area contributed by atoms with Crippen LogP contribution in [0.1, 0.15) is 12.0 Å². The molecule has 2 rings (SSSR count). The number of carbonyl (C=O) groups excluding carboxylic acids is 1. The zero-order valence-corrected chi connectivity index (χ0v) is 18.5. The summed E-state index contributed by atoms with van der Waals surface area (Å²) in [5, 5.41) is 2.77. The molecule has 0 aliphatic carbocycles. The van der Waals surface area contributed by atoms with Crippen molar-refractivity contribution >= 4 is 21.6 Å². The van der Waals surface area contributed by atoms with Gasteiger partial charge in [-0.1, -0.05) is 12.1 Å². The fourth-order valence-corrected chi connectivity index (χ4v) is 3.72. The van der Waals surface area contributed by atoms with Gasteiger partial charge < -0.3 is 19.5 Å². The van der Waals surface area contributed by atoms with E-state index in [4.69, 9.17) is 14.2 Å². The molecule has 0 aliphatic rings. The van der Waals surface area contributed by atoms with Crippen molar-refractivity contribution in [3.63, 3.8) is 0 Å². The Morgan fingerprint density at radius 2 is 1.60 bits per heavy atom. The van der Waals surface area contributed by atoms with Crippen LogP contribution in [0.25, 0.3) is 0 Å². The molecule has 0 atom stereocenters. The average Bonchev–Trinajstić information content (AvgIpc) is 2.74. The largest absolute Gasteiger partial charge is 0.497 e. The normalized spacial score (nSPS) is 10.9. The number of nitrogens with one attached hydrogen (secondary N) is 1. The Kier molecular flexibility index (Phi) is 8.35. The van der Waals surface area contributed by atoms with Crippen LogP contribution in [0, 0.1) is 0 Å². The van der Waals surface area contributed by atoms with Gasteiger partial charge in [-0.05, 0) is 42.7 Å². The van der Waals surface area contributed by atoms with Gasteiger partial charge in [0, 0.05) is 12.6 Å². The Labute approximate surface area is 177 Å². The van der Waals surface area contributed by atoms with Gasteiger partial charge in [0.15, 0.2) is 0 Å². The minimum absolute atomic E-state index is 0.243.